The zero-order valence-electron chi connectivity index (χ0n) is 19.4. The summed E-state index contributed by atoms with van der Waals surface area (Å²) in [6, 6.07) is 7.98. The molecule has 33 heavy (non-hydrogen) atoms. The standard InChI is InChI=1S/C21H30ClN3O4S4/c1-21(2)11-13-24(14-12-21)20-16(22)7-6-8-17(20)25(15-30-5)33(28,29)19-10-9-18(31-19)32(26,27)23(3)4/h6-10H,11-15H2,1-5H3. The highest BCUT2D eigenvalue weighted by atomic mass is 35.5. The van der Waals surface area contributed by atoms with Gasteiger partial charge in [-0.25, -0.2) is 21.1 Å². The first-order chi connectivity index (χ1) is 15.3. The predicted molar refractivity (Wildman–Crippen MR) is 140 cm³/mol. The van der Waals surface area contributed by atoms with Gasteiger partial charge in [-0.2, -0.15) is 0 Å². The summed E-state index contributed by atoms with van der Waals surface area (Å²) in [6.07, 6.45) is 3.78. The number of nitrogens with zero attached hydrogens (tertiary/aromatic N) is 3. The average molecular weight is 552 g/mol. The van der Waals surface area contributed by atoms with E-state index in [4.69, 9.17) is 11.6 Å². The SMILES string of the molecule is CSCN(c1cccc(Cl)c1N1CCC(C)(C)CC1)S(=O)(=O)c1ccc(S(=O)(=O)N(C)C)s1. The van der Waals surface area contributed by atoms with Crippen LogP contribution in [0.25, 0.3) is 0 Å². The average Bonchev–Trinajstić information content (AvgIpc) is 3.24. The molecular weight excluding hydrogens is 522 g/mol. The van der Waals surface area contributed by atoms with E-state index in [2.05, 4.69) is 18.7 Å². The lowest BCUT2D eigenvalue weighted by atomic mass is 9.82. The second-order valence-corrected chi connectivity index (χ2v) is 15.7. The molecule has 0 bridgehead atoms. The monoisotopic (exact) mass is 551 g/mol. The first-order valence-corrected chi connectivity index (χ1v) is 15.9. The summed E-state index contributed by atoms with van der Waals surface area (Å²) in [4.78, 5) is 2.15. The molecule has 0 radical (unpaired) electrons. The molecule has 0 aliphatic carbocycles. The lowest BCUT2D eigenvalue weighted by molar-refractivity contribution is 0.280. The van der Waals surface area contributed by atoms with Gasteiger partial charge >= 0.3 is 0 Å². The smallest absolute Gasteiger partial charge is 0.274 e. The number of thiophene rings is 1. The third-order valence-corrected chi connectivity index (χ3v) is 12.3. The number of hydrogen-bond acceptors (Lipinski definition) is 7. The number of piperidine rings is 1. The van der Waals surface area contributed by atoms with Crippen LogP contribution in [0.5, 0.6) is 0 Å². The molecule has 0 amide bonds. The largest absolute Gasteiger partial charge is 0.369 e. The molecule has 3 rings (SSSR count). The summed E-state index contributed by atoms with van der Waals surface area (Å²) in [6.45, 7) is 6.03. The van der Waals surface area contributed by atoms with Crippen LogP contribution >= 0.6 is 34.7 Å². The summed E-state index contributed by atoms with van der Waals surface area (Å²) in [5.74, 6) is 0.169. The fourth-order valence-corrected chi connectivity index (χ4v) is 9.33. The van der Waals surface area contributed by atoms with E-state index in [-0.39, 0.29) is 19.7 Å². The van der Waals surface area contributed by atoms with Crippen LogP contribution in [0.2, 0.25) is 5.02 Å². The molecule has 7 nitrogen and oxygen atoms in total. The maximum absolute atomic E-state index is 13.7. The van der Waals surface area contributed by atoms with Gasteiger partial charge in [-0.3, -0.25) is 4.31 Å². The van der Waals surface area contributed by atoms with Crippen molar-refractivity contribution in [3.05, 3.63) is 35.4 Å². The minimum Gasteiger partial charge on any atom is -0.369 e. The van der Waals surface area contributed by atoms with E-state index in [0.717, 1.165) is 41.6 Å². The van der Waals surface area contributed by atoms with Crippen molar-refractivity contribution in [3.8, 4) is 0 Å². The van der Waals surface area contributed by atoms with Gasteiger partial charge in [0.1, 0.15) is 8.42 Å². The maximum atomic E-state index is 13.7. The lowest BCUT2D eigenvalue weighted by Gasteiger charge is -2.40. The normalized spacial score (nSPS) is 16.9. The van der Waals surface area contributed by atoms with E-state index in [9.17, 15) is 16.8 Å². The maximum Gasteiger partial charge on any atom is 0.274 e. The van der Waals surface area contributed by atoms with Crippen molar-refractivity contribution in [1.82, 2.24) is 4.31 Å². The highest BCUT2D eigenvalue weighted by molar-refractivity contribution is 8.01. The molecule has 2 heterocycles. The number of benzene rings is 1. The van der Waals surface area contributed by atoms with E-state index in [1.54, 1.807) is 18.2 Å². The molecular formula is C21H30ClN3O4S4. The molecule has 0 atom stereocenters. The molecule has 1 aromatic heterocycles. The van der Waals surface area contributed by atoms with Crippen molar-refractivity contribution in [2.45, 2.75) is 35.1 Å². The number of para-hydroxylation sites is 1. The first-order valence-electron chi connectivity index (χ1n) is 10.4. The summed E-state index contributed by atoms with van der Waals surface area (Å²) in [5, 5.41) is 0.496. The Labute approximate surface area is 210 Å². The van der Waals surface area contributed by atoms with E-state index in [1.165, 1.54) is 42.3 Å². The van der Waals surface area contributed by atoms with Gasteiger partial charge in [-0.1, -0.05) is 31.5 Å². The molecule has 2 aromatic rings. The van der Waals surface area contributed by atoms with Crippen LogP contribution < -0.4 is 9.21 Å². The van der Waals surface area contributed by atoms with Gasteiger partial charge in [0, 0.05) is 27.2 Å². The Kier molecular flexibility index (Phi) is 8.02. The van der Waals surface area contributed by atoms with E-state index < -0.39 is 20.0 Å². The Morgan fingerprint density at radius 3 is 2.15 bits per heavy atom. The van der Waals surface area contributed by atoms with Gasteiger partial charge in [0.15, 0.2) is 0 Å². The molecule has 1 saturated heterocycles. The Morgan fingerprint density at radius 1 is 1.03 bits per heavy atom. The molecule has 0 unspecified atom stereocenters. The van der Waals surface area contributed by atoms with Crippen molar-refractivity contribution in [3.63, 3.8) is 0 Å². The molecule has 1 aliphatic rings. The van der Waals surface area contributed by atoms with Gasteiger partial charge in [0.05, 0.1) is 22.3 Å². The minimum atomic E-state index is -4.02. The molecule has 0 saturated carbocycles. The summed E-state index contributed by atoms with van der Waals surface area (Å²) in [7, 11) is -4.91. The summed E-state index contributed by atoms with van der Waals surface area (Å²) >= 11 is 8.74. The summed E-state index contributed by atoms with van der Waals surface area (Å²) in [5.41, 5.74) is 1.43. The topological polar surface area (TPSA) is 78.0 Å². The molecule has 1 aliphatic heterocycles. The quantitative estimate of drug-likeness (QED) is 0.439. The predicted octanol–water partition coefficient (Wildman–Crippen LogP) is 4.79. The second-order valence-electron chi connectivity index (χ2n) is 8.89. The Hall–Kier alpha value is -0.980. The van der Waals surface area contributed by atoms with Crippen molar-refractivity contribution >= 4 is 66.1 Å². The van der Waals surface area contributed by atoms with Crippen molar-refractivity contribution < 1.29 is 16.8 Å². The van der Waals surface area contributed by atoms with Crippen LogP contribution in [0.1, 0.15) is 26.7 Å². The van der Waals surface area contributed by atoms with Crippen LogP contribution in [-0.4, -0.2) is 60.5 Å². The number of hydrogen-bond donors (Lipinski definition) is 0. The fourth-order valence-electron chi connectivity index (χ4n) is 3.61. The van der Waals surface area contributed by atoms with Gasteiger partial charge in [0.2, 0.25) is 0 Å². The summed E-state index contributed by atoms with van der Waals surface area (Å²) < 4.78 is 54.8. The Morgan fingerprint density at radius 2 is 1.61 bits per heavy atom. The highest BCUT2D eigenvalue weighted by Gasteiger charge is 2.34. The van der Waals surface area contributed by atoms with Crippen LogP contribution in [0.4, 0.5) is 11.4 Å². The van der Waals surface area contributed by atoms with Crippen LogP contribution in [0.15, 0.2) is 38.8 Å². The molecule has 12 heteroatoms. The fraction of sp³-hybridized carbons (Fsp3) is 0.524. The molecule has 0 spiro atoms. The van der Waals surface area contributed by atoms with Crippen molar-refractivity contribution in [1.29, 1.82) is 0 Å². The number of thioether (sulfide) groups is 1. The van der Waals surface area contributed by atoms with Crippen LogP contribution in [0.3, 0.4) is 0 Å². The molecule has 1 fully saturated rings. The van der Waals surface area contributed by atoms with Gasteiger partial charge in [-0.15, -0.1) is 23.1 Å². The second kappa shape index (κ2) is 9.94. The van der Waals surface area contributed by atoms with Crippen LogP contribution in [-0.2, 0) is 20.0 Å². The van der Waals surface area contributed by atoms with E-state index >= 15 is 0 Å². The van der Waals surface area contributed by atoms with Gasteiger partial charge in [-0.05, 0) is 48.8 Å². The Balaban J connectivity index is 2.07. The number of rotatable bonds is 8. The first kappa shape index (κ1) is 26.6. The minimum absolute atomic E-state index is 0.0141. The van der Waals surface area contributed by atoms with Crippen molar-refractivity contribution in [2.24, 2.45) is 5.41 Å². The molecule has 184 valence electrons. The lowest BCUT2D eigenvalue weighted by Crippen LogP contribution is -2.39. The zero-order valence-corrected chi connectivity index (χ0v) is 23.4. The molecule has 0 N–H and O–H groups in total. The number of halogens is 1. The third kappa shape index (κ3) is 5.48. The van der Waals surface area contributed by atoms with Gasteiger partial charge in [0.25, 0.3) is 20.0 Å². The number of sulfonamides is 2. The molecule has 1 aromatic carbocycles. The van der Waals surface area contributed by atoms with Crippen LogP contribution in [0, 0.1) is 5.41 Å². The van der Waals surface area contributed by atoms with Crippen molar-refractivity contribution in [2.75, 3.05) is 48.5 Å². The Bertz CT molecular complexity index is 1200. The zero-order chi connectivity index (χ0) is 24.6. The van der Waals surface area contributed by atoms with E-state index in [0.29, 0.717) is 16.4 Å². The third-order valence-electron chi connectivity index (χ3n) is 5.75. The highest BCUT2D eigenvalue weighted by Crippen LogP contribution is 2.43. The van der Waals surface area contributed by atoms with Gasteiger partial charge < -0.3 is 4.90 Å². The van der Waals surface area contributed by atoms with E-state index in [1.807, 2.05) is 6.26 Å². The number of anilines is 2.